The Hall–Kier alpha value is -1.67. The second-order valence-corrected chi connectivity index (χ2v) is 12.2. The summed E-state index contributed by atoms with van der Waals surface area (Å²) >= 11 is 1.65. The van der Waals surface area contributed by atoms with Crippen molar-refractivity contribution in [2.24, 2.45) is 34.3 Å². The molecule has 4 saturated carbocycles. The summed E-state index contributed by atoms with van der Waals surface area (Å²) in [5.41, 5.74) is 6.31. The summed E-state index contributed by atoms with van der Waals surface area (Å²) in [5, 5.41) is 3.17. The summed E-state index contributed by atoms with van der Waals surface area (Å²) in [6, 6.07) is 3.74. The number of carbonyl (C=O) groups excluding carboxylic acids is 2. The summed E-state index contributed by atoms with van der Waals surface area (Å²) in [6.45, 7) is 1.78. The van der Waals surface area contributed by atoms with Crippen molar-refractivity contribution in [3.63, 3.8) is 0 Å². The van der Waals surface area contributed by atoms with Crippen LogP contribution in [0, 0.1) is 40.2 Å². The standard InChI is InChI=1S/C24H29F2N3O2S/c25-15-3-13(4-16(26)6-15)10-29-1-2-32-19(11-29)21(30)28-20-17-5-14-7-23(22(27)31)9-18(20)24(17,8-14)12-23/h3-4,6,14,17-20H,1-2,5,7-12H2,(H2,27,31)(H,28,30)/t14?,17?,18?,19?,20?,23-,24?/m1/s1. The summed E-state index contributed by atoms with van der Waals surface area (Å²) in [6.07, 6.45) is 4.98. The Labute approximate surface area is 190 Å². The molecule has 0 radical (unpaired) electrons. The van der Waals surface area contributed by atoms with Crippen LogP contribution in [-0.2, 0) is 16.1 Å². The third-order valence-electron chi connectivity index (χ3n) is 9.16. The molecule has 1 aliphatic heterocycles. The Morgan fingerprint density at radius 2 is 1.94 bits per heavy atom. The Morgan fingerprint density at radius 1 is 1.16 bits per heavy atom. The van der Waals surface area contributed by atoms with Gasteiger partial charge in [0, 0.05) is 37.5 Å². The lowest BCUT2D eigenvalue weighted by Crippen LogP contribution is -2.63. The minimum atomic E-state index is -0.575. The van der Waals surface area contributed by atoms with Crippen LogP contribution in [0.15, 0.2) is 18.2 Å². The van der Waals surface area contributed by atoms with Gasteiger partial charge in [0.15, 0.2) is 0 Å². The lowest BCUT2D eigenvalue weighted by molar-refractivity contribution is -0.130. The van der Waals surface area contributed by atoms with E-state index in [1.165, 1.54) is 18.6 Å². The number of halogens is 2. The van der Waals surface area contributed by atoms with Gasteiger partial charge in [0.25, 0.3) is 0 Å². The van der Waals surface area contributed by atoms with Crippen molar-refractivity contribution in [2.75, 3.05) is 18.8 Å². The molecule has 7 atom stereocenters. The summed E-state index contributed by atoms with van der Waals surface area (Å²) in [7, 11) is 0. The first-order chi connectivity index (χ1) is 15.3. The number of fused-ring (bicyclic) bond motifs is 2. The molecular formula is C24H29F2N3O2S. The predicted octanol–water partition coefficient (Wildman–Crippen LogP) is 2.68. The highest BCUT2D eigenvalue weighted by molar-refractivity contribution is 8.00. The van der Waals surface area contributed by atoms with Crippen LogP contribution in [0.3, 0.4) is 0 Å². The van der Waals surface area contributed by atoms with E-state index in [0.29, 0.717) is 36.4 Å². The fraction of sp³-hybridized carbons (Fsp3) is 0.667. The van der Waals surface area contributed by atoms with Crippen molar-refractivity contribution in [1.82, 2.24) is 10.2 Å². The minimum Gasteiger partial charge on any atom is -0.369 e. The normalized spacial score (nSPS) is 41.9. The SMILES string of the molecule is NC(=O)[C@]12CC3CC4C(NC(=O)C5CN(Cc6cc(F)cc(F)c6)CCS5)C(C1)C4(C3)C2. The van der Waals surface area contributed by atoms with Gasteiger partial charge in [-0.05, 0) is 73.0 Å². The maximum atomic E-state index is 13.5. The molecule has 6 rings (SSSR count). The van der Waals surface area contributed by atoms with Gasteiger partial charge in [-0.2, -0.15) is 0 Å². The molecule has 1 aromatic carbocycles. The van der Waals surface area contributed by atoms with E-state index in [0.717, 1.165) is 44.0 Å². The topological polar surface area (TPSA) is 75.4 Å². The van der Waals surface area contributed by atoms with Gasteiger partial charge in [0.05, 0.1) is 10.7 Å². The number of carbonyl (C=O) groups is 2. The zero-order chi connectivity index (χ0) is 22.3. The van der Waals surface area contributed by atoms with E-state index in [2.05, 4.69) is 10.2 Å². The van der Waals surface area contributed by atoms with Crippen LogP contribution >= 0.6 is 11.8 Å². The summed E-state index contributed by atoms with van der Waals surface area (Å²) < 4.78 is 27.1. The zero-order valence-corrected chi connectivity index (χ0v) is 18.8. The van der Waals surface area contributed by atoms with Gasteiger partial charge in [0.2, 0.25) is 11.8 Å². The summed E-state index contributed by atoms with van der Waals surface area (Å²) in [4.78, 5) is 27.6. The van der Waals surface area contributed by atoms with E-state index >= 15 is 0 Å². The van der Waals surface area contributed by atoms with Gasteiger partial charge in [-0.3, -0.25) is 14.5 Å². The van der Waals surface area contributed by atoms with Crippen molar-refractivity contribution in [3.8, 4) is 0 Å². The molecule has 1 aromatic rings. The van der Waals surface area contributed by atoms with E-state index in [1.807, 2.05) is 0 Å². The Balaban J connectivity index is 1.11. The van der Waals surface area contributed by atoms with Crippen LogP contribution in [0.2, 0.25) is 0 Å². The zero-order valence-electron chi connectivity index (χ0n) is 18.0. The van der Waals surface area contributed by atoms with Crippen molar-refractivity contribution in [1.29, 1.82) is 0 Å². The van der Waals surface area contributed by atoms with Crippen LogP contribution in [-0.4, -0.2) is 46.8 Å². The molecule has 4 aliphatic carbocycles. The molecule has 3 N–H and O–H groups in total. The number of nitrogens with zero attached hydrogens (tertiary/aromatic N) is 1. The van der Waals surface area contributed by atoms with Gasteiger partial charge >= 0.3 is 0 Å². The number of benzene rings is 1. The highest BCUT2D eigenvalue weighted by Crippen LogP contribution is 2.78. The molecule has 5 nitrogen and oxygen atoms in total. The summed E-state index contributed by atoms with van der Waals surface area (Å²) in [5.74, 6) is 0.992. The Kier molecular flexibility index (Phi) is 4.68. The Bertz CT molecular complexity index is 972. The number of nitrogens with one attached hydrogen (secondary N) is 1. The van der Waals surface area contributed by atoms with Gasteiger partial charge in [-0.25, -0.2) is 8.78 Å². The van der Waals surface area contributed by atoms with Gasteiger partial charge in [0.1, 0.15) is 11.6 Å². The average molecular weight is 462 g/mol. The van der Waals surface area contributed by atoms with Crippen LogP contribution in [0.1, 0.15) is 37.7 Å². The quantitative estimate of drug-likeness (QED) is 0.707. The van der Waals surface area contributed by atoms with Crippen molar-refractivity contribution >= 4 is 23.6 Å². The number of hydrogen-bond acceptors (Lipinski definition) is 4. The van der Waals surface area contributed by atoms with Gasteiger partial charge < -0.3 is 11.1 Å². The van der Waals surface area contributed by atoms with Crippen LogP contribution in [0.4, 0.5) is 8.78 Å². The molecular weight excluding hydrogens is 432 g/mol. The lowest BCUT2D eigenvalue weighted by atomic mass is 9.52. The highest BCUT2D eigenvalue weighted by Gasteiger charge is 2.76. The van der Waals surface area contributed by atoms with E-state index in [9.17, 15) is 18.4 Å². The van der Waals surface area contributed by atoms with E-state index in [4.69, 9.17) is 5.73 Å². The number of thioether (sulfide) groups is 1. The molecule has 1 spiro atoms. The molecule has 5 fully saturated rings. The van der Waals surface area contributed by atoms with Crippen molar-refractivity contribution in [2.45, 2.75) is 49.9 Å². The maximum absolute atomic E-state index is 13.5. The number of hydrogen-bond donors (Lipinski definition) is 2. The first-order valence-corrected chi connectivity index (χ1v) is 12.7. The Morgan fingerprint density at radius 3 is 2.69 bits per heavy atom. The highest BCUT2D eigenvalue weighted by atomic mass is 32.2. The van der Waals surface area contributed by atoms with E-state index in [1.54, 1.807) is 11.8 Å². The van der Waals surface area contributed by atoms with Gasteiger partial charge in [-0.15, -0.1) is 11.8 Å². The first-order valence-electron chi connectivity index (χ1n) is 11.7. The molecule has 1 saturated heterocycles. The second-order valence-electron chi connectivity index (χ2n) is 10.9. The third kappa shape index (κ3) is 3.05. The second kappa shape index (κ2) is 7.16. The molecule has 5 aliphatic rings. The smallest absolute Gasteiger partial charge is 0.234 e. The average Bonchev–Trinajstić information content (AvgIpc) is 3.10. The third-order valence-corrected chi connectivity index (χ3v) is 10.3. The fourth-order valence-corrected chi connectivity index (χ4v) is 9.36. The lowest BCUT2D eigenvalue weighted by Gasteiger charge is -2.56. The van der Waals surface area contributed by atoms with Gasteiger partial charge in [-0.1, -0.05) is 0 Å². The first kappa shape index (κ1) is 20.9. The molecule has 6 unspecified atom stereocenters. The molecule has 3 bridgehead atoms. The van der Waals surface area contributed by atoms with Crippen molar-refractivity contribution < 1.29 is 18.4 Å². The van der Waals surface area contributed by atoms with E-state index < -0.39 is 11.6 Å². The number of rotatable bonds is 5. The molecule has 2 amide bonds. The molecule has 0 aromatic heterocycles. The molecule has 1 heterocycles. The number of primary amides is 1. The monoisotopic (exact) mass is 461 g/mol. The van der Waals surface area contributed by atoms with E-state index in [-0.39, 0.29) is 33.9 Å². The minimum absolute atomic E-state index is 0.0596. The predicted molar refractivity (Wildman–Crippen MR) is 117 cm³/mol. The number of amides is 2. The number of nitrogens with two attached hydrogens (primary N) is 1. The van der Waals surface area contributed by atoms with Crippen molar-refractivity contribution in [3.05, 3.63) is 35.4 Å². The maximum Gasteiger partial charge on any atom is 0.234 e. The van der Waals surface area contributed by atoms with Crippen LogP contribution in [0.5, 0.6) is 0 Å². The largest absolute Gasteiger partial charge is 0.369 e. The fourth-order valence-electron chi connectivity index (χ4n) is 8.18. The molecule has 172 valence electrons. The van der Waals surface area contributed by atoms with Crippen LogP contribution < -0.4 is 11.1 Å². The van der Waals surface area contributed by atoms with Crippen LogP contribution in [0.25, 0.3) is 0 Å². The molecule has 32 heavy (non-hydrogen) atoms. The molecule has 8 heteroatoms.